The summed E-state index contributed by atoms with van der Waals surface area (Å²) in [5.41, 5.74) is 5.05. The average molecular weight is 564 g/mol. The minimum Gasteiger partial charge on any atom is -0.301 e. The molecule has 0 saturated heterocycles. The molecule has 0 spiro atoms. The number of hydrogen-bond acceptors (Lipinski definition) is 7. The number of thiazole rings is 1. The second-order valence-electron chi connectivity index (χ2n) is 8.03. The summed E-state index contributed by atoms with van der Waals surface area (Å²) in [7, 11) is 0. The number of allylic oxidation sites excluding steroid dienone is 1. The van der Waals surface area contributed by atoms with Crippen molar-refractivity contribution in [3.05, 3.63) is 87.9 Å². The van der Waals surface area contributed by atoms with Crippen LogP contribution in [0.15, 0.2) is 83.2 Å². The molecule has 10 heteroatoms. The zero-order valence-corrected chi connectivity index (χ0v) is 23.1. The minimum atomic E-state index is -0.159. The Hall–Kier alpha value is -3.24. The summed E-state index contributed by atoms with van der Waals surface area (Å²) in [6.45, 7) is 6.55. The van der Waals surface area contributed by atoms with Gasteiger partial charge in [0.2, 0.25) is 5.91 Å². The molecule has 1 N–H and O–H groups in total. The van der Waals surface area contributed by atoms with E-state index in [4.69, 9.17) is 11.6 Å². The fraction of sp³-hybridized carbons (Fsp3) is 0.111. The van der Waals surface area contributed by atoms with Crippen LogP contribution in [0.5, 0.6) is 0 Å². The SMILES string of the molecule is C=CCn1c(SCC(=O)Nc2nc(-c3ccc(Cl)cc3)cs2)nnc1-c1csc(C)c1-c1ccccc1. The Balaban J connectivity index is 1.31. The standard InChI is InChI=1S/C27H22ClN5OS3/c1-3-13-33-25(21-14-35-17(2)24(21)19-7-5-4-6-8-19)31-32-27(33)37-16-23(34)30-26-29-22(15-36-26)18-9-11-20(28)12-10-18/h3-12,14-15H,1,13,16H2,2H3,(H,29,30,34). The fourth-order valence-corrected chi connectivity index (χ4v) is 6.31. The van der Waals surface area contributed by atoms with Crippen LogP contribution in [0.2, 0.25) is 5.02 Å². The summed E-state index contributed by atoms with van der Waals surface area (Å²) in [5.74, 6) is 0.783. The van der Waals surface area contributed by atoms with E-state index < -0.39 is 0 Å². The van der Waals surface area contributed by atoms with Crippen LogP contribution < -0.4 is 5.32 Å². The molecule has 0 bridgehead atoms. The number of anilines is 1. The predicted octanol–water partition coefficient (Wildman–Crippen LogP) is 7.68. The first-order valence-corrected chi connectivity index (χ1v) is 14.5. The van der Waals surface area contributed by atoms with Gasteiger partial charge in [-0.2, -0.15) is 0 Å². The first kappa shape index (κ1) is 25.4. The van der Waals surface area contributed by atoms with Gasteiger partial charge in [-0.3, -0.25) is 9.36 Å². The van der Waals surface area contributed by atoms with Gasteiger partial charge in [-0.1, -0.05) is 71.9 Å². The average Bonchev–Trinajstić information content (AvgIpc) is 3.63. The molecule has 0 aliphatic rings. The highest BCUT2D eigenvalue weighted by Crippen LogP contribution is 2.39. The van der Waals surface area contributed by atoms with Crippen molar-refractivity contribution in [1.82, 2.24) is 19.7 Å². The van der Waals surface area contributed by atoms with Gasteiger partial charge >= 0.3 is 0 Å². The molecule has 0 saturated carbocycles. The van der Waals surface area contributed by atoms with E-state index in [1.807, 2.05) is 58.5 Å². The molecule has 3 aromatic heterocycles. The number of nitrogens with one attached hydrogen (secondary N) is 1. The molecule has 5 aromatic rings. The van der Waals surface area contributed by atoms with E-state index in [-0.39, 0.29) is 11.7 Å². The number of thiophene rings is 1. The van der Waals surface area contributed by atoms with Crippen molar-refractivity contribution in [3.63, 3.8) is 0 Å². The summed E-state index contributed by atoms with van der Waals surface area (Å²) in [4.78, 5) is 18.4. The molecule has 2 aromatic carbocycles. The third kappa shape index (κ3) is 5.70. The van der Waals surface area contributed by atoms with E-state index in [9.17, 15) is 4.79 Å². The van der Waals surface area contributed by atoms with Crippen LogP contribution in [-0.2, 0) is 11.3 Å². The molecule has 0 atom stereocenters. The largest absolute Gasteiger partial charge is 0.301 e. The summed E-state index contributed by atoms with van der Waals surface area (Å²) >= 11 is 10.4. The van der Waals surface area contributed by atoms with E-state index in [1.54, 1.807) is 11.3 Å². The number of aromatic nitrogens is 4. The van der Waals surface area contributed by atoms with Gasteiger partial charge < -0.3 is 5.32 Å². The number of hydrogen-bond donors (Lipinski definition) is 1. The monoisotopic (exact) mass is 563 g/mol. The molecule has 3 heterocycles. The first-order chi connectivity index (χ1) is 18.0. The van der Waals surface area contributed by atoms with Gasteiger partial charge in [-0.15, -0.1) is 39.4 Å². The second kappa shape index (κ2) is 11.4. The van der Waals surface area contributed by atoms with E-state index >= 15 is 0 Å². The van der Waals surface area contributed by atoms with Crippen LogP contribution in [0.4, 0.5) is 5.13 Å². The lowest BCUT2D eigenvalue weighted by Crippen LogP contribution is -2.14. The van der Waals surface area contributed by atoms with Crippen LogP contribution >= 0.6 is 46.0 Å². The van der Waals surface area contributed by atoms with Crippen LogP contribution in [-0.4, -0.2) is 31.4 Å². The highest BCUT2D eigenvalue weighted by molar-refractivity contribution is 7.99. The number of aryl methyl sites for hydroxylation is 1. The van der Waals surface area contributed by atoms with Gasteiger partial charge in [0, 0.05) is 43.9 Å². The van der Waals surface area contributed by atoms with Crippen molar-refractivity contribution >= 4 is 57.1 Å². The van der Waals surface area contributed by atoms with Crippen molar-refractivity contribution < 1.29 is 4.79 Å². The van der Waals surface area contributed by atoms with Crippen molar-refractivity contribution in [2.75, 3.05) is 11.1 Å². The van der Waals surface area contributed by atoms with Crippen LogP contribution in [0.1, 0.15) is 4.88 Å². The molecular weight excluding hydrogens is 542 g/mol. The van der Waals surface area contributed by atoms with E-state index in [0.29, 0.717) is 21.9 Å². The summed E-state index contributed by atoms with van der Waals surface area (Å²) in [5, 5.41) is 17.7. The minimum absolute atomic E-state index is 0.159. The Bertz CT molecular complexity index is 1540. The number of carbonyl (C=O) groups is 1. The number of amides is 1. The maximum Gasteiger partial charge on any atom is 0.236 e. The smallest absolute Gasteiger partial charge is 0.236 e. The van der Waals surface area contributed by atoms with Gasteiger partial charge in [0.1, 0.15) is 0 Å². The molecule has 6 nitrogen and oxygen atoms in total. The quantitative estimate of drug-likeness (QED) is 0.147. The maximum atomic E-state index is 12.7. The Kier molecular flexibility index (Phi) is 7.85. The summed E-state index contributed by atoms with van der Waals surface area (Å²) in [6, 6.07) is 17.7. The normalized spacial score (nSPS) is 11.0. The highest BCUT2D eigenvalue weighted by Gasteiger charge is 2.21. The lowest BCUT2D eigenvalue weighted by molar-refractivity contribution is -0.113. The molecule has 37 heavy (non-hydrogen) atoms. The molecule has 0 aliphatic carbocycles. The maximum absolute atomic E-state index is 12.7. The molecule has 1 amide bonds. The Morgan fingerprint density at radius 3 is 2.62 bits per heavy atom. The molecule has 0 unspecified atom stereocenters. The lowest BCUT2D eigenvalue weighted by atomic mass is 10.0. The Labute approximate surface area is 232 Å². The van der Waals surface area contributed by atoms with Gasteiger partial charge in [0.25, 0.3) is 0 Å². The molecule has 186 valence electrons. The van der Waals surface area contributed by atoms with E-state index in [1.165, 1.54) is 28.0 Å². The number of carbonyl (C=O) groups excluding carboxylic acids is 1. The lowest BCUT2D eigenvalue weighted by Gasteiger charge is -2.09. The number of rotatable bonds is 9. The van der Waals surface area contributed by atoms with Gasteiger partial charge in [0.05, 0.1) is 11.4 Å². The van der Waals surface area contributed by atoms with Crippen LogP contribution in [0.3, 0.4) is 0 Å². The fourth-order valence-electron chi connectivity index (χ4n) is 3.84. The van der Waals surface area contributed by atoms with Crippen molar-refractivity contribution in [2.24, 2.45) is 0 Å². The number of benzene rings is 2. The van der Waals surface area contributed by atoms with Crippen LogP contribution in [0, 0.1) is 6.92 Å². The van der Waals surface area contributed by atoms with Gasteiger partial charge in [-0.05, 0) is 24.6 Å². The second-order valence-corrected chi connectivity index (χ2v) is 11.4. The summed E-state index contributed by atoms with van der Waals surface area (Å²) < 4.78 is 2.00. The van der Waals surface area contributed by atoms with Crippen LogP contribution in [0.25, 0.3) is 33.8 Å². The Morgan fingerprint density at radius 1 is 1.08 bits per heavy atom. The third-order valence-corrected chi connectivity index (χ3v) is 8.42. The van der Waals surface area contributed by atoms with Crippen molar-refractivity contribution in [1.29, 1.82) is 0 Å². The molecule has 5 rings (SSSR count). The van der Waals surface area contributed by atoms with E-state index in [0.717, 1.165) is 33.8 Å². The topological polar surface area (TPSA) is 72.7 Å². The zero-order chi connectivity index (χ0) is 25.8. The molecule has 0 fully saturated rings. The molecular formula is C27H22ClN5OS3. The summed E-state index contributed by atoms with van der Waals surface area (Å²) in [6.07, 6.45) is 1.81. The first-order valence-electron chi connectivity index (χ1n) is 11.4. The van der Waals surface area contributed by atoms with E-state index in [2.05, 4.69) is 51.5 Å². The van der Waals surface area contributed by atoms with Gasteiger partial charge in [0.15, 0.2) is 16.1 Å². The van der Waals surface area contributed by atoms with Crippen molar-refractivity contribution in [3.8, 4) is 33.8 Å². The van der Waals surface area contributed by atoms with Gasteiger partial charge in [-0.25, -0.2) is 4.98 Å². The molecule has 0 aliphatic heterocycles. The Morgan fingerprint density at radius 2 is 1.86 bits per heavy atom. The van der Waals surface area contributed by atoms with Crippen molar-refractivity contribution in [2.45, 2.75) is 18.6 Å². The number of nitrogens with zero attached hydrogens (tertiary/aromatic N) is 4. The number of thioether (sulfide) groups is 1. The highest BCUT2D eigenvalue weighted by atomic mass is 35.5. The number of halogens is 1. The zero-order valence-electron chi connectivity index (χ0n) is 19.8. The molecule has 0 radical (unpaired) electrons. The predicted molar refractivity (Wildman–Crippen MR) is 156 cm³/mol. The third-order valence-electron chi connectivity index (χ3n) is 5.53.